The van der Waals surface area contributed by atoms with E-state index in [1.807, 2.05) is 19.1 Å². The zero-order valence-electron chi connectivity index (χ0n) is 15.8. The van der Waals surface area contributed by atoms with Crippen molar-refractivity contribution in [1.29, 1.82) is 0 Å². The van der Waals surface area contributed by atoms with Crippen LogP contribution in [0.5, 0.6) is 0 Å². The first-order valence-corrected chi connectivity index (χ1v) is 10.3. The molecule has 2 aliphatic heterocycles. The average molecular weight is 357 g/mol. The minimum atomic E-state index is -0.320. The largest absolute Gasteiger partial charge is 0.364 e. The van der Waals surface area contributed by atoms with Crippen molar-refractivity contribution in [3.05, 3.63) is 24.0 Å². The lowest BCUT2D eigenvalue weighted by Gasteiger charge is -2.37. The Morgan fingerprint density at radius 2 is 2.15 bits per heavy atom. The van der Waals surface area contributed by atoms with Gasteiger partial charge in [-0.25, -0.2) is 0 Å². The van der Waals surface area contributed by atoms with E-state index in [0.29, 0.717) is 5.92 Å². The molecule has 1 aliphatic carbocycles. The summed E-state index contributed by atoms with van der Waals surface area (Å²) in [4.78, 5) is 19.5. The van der Waals surface area contributed by atoms with Crippen molar-refractivity contribution in [2.24, 2.45) is 11.8 Å². The summed E-state index contributed by atoms with van der Waals surface area (Å²) in [7, 11) is 0. The molecule has 0 aromatic carbocycles. The van der Waals surface area contributed by atoms with Crippen LogP contribution in [-0.2, 0) is 9.53 Å². The fourth-order valence-electron chi connectivity index (χ4n) is 4.89. The number of pyridine rings is 1. The fourth-order valence-corrected chi connectivity index (χ4v) is 4.89. The molecule has 5 heteroatoms. The van der Waals surface area contributed by atoms with E-state index in [-0.39, 0.29) is 18.1 Å². The number of amides is 1. The summed E-state index contributed by atoms with van der Waals surface area (Å²) in [5, 5.41) is 3.00. The topological polar surface area (TPSA) is 54.5 Å². The van der Waals surface area contributed by atoms with Crippen LogP contribution in [0.3, 0.4) is 0 Å². The number of nitrogens with zero attached hydrogens (tertiary/aromatic N) is 2. The van der Waals surface area contributed by atoms with E-state index in [1.165, 1.54) is 38.6 Å². The molecule has 1 aromatic heterocycles. The third kappa shape index (κ3) is 4.09. The Morgan fingerprint density at radius 1 is 1.31 bits per heavy atom. The molecule has 1 aromatic rings. The summed E-state index contributed by atoms with van der Waals surface area (Å²) in [6.07, 6.45) is 10.7. The van der Waals surface area contributed by atoms with Gasteiger partial charge < -0.3 is 15.0 Å². The van der Waals surface area contributed by atoms with Crippen LogP contribution in [0, 0.1) is 18.8 Å². The van der Waals surface area contributed by atoms with Gasteiger partial charge in [0.25, 0.3) is 5.91 Å². The number of likely N-dealkylation sites (tertiary alicyclic amines) is 1. The number of nitrogens with one attached hydrogen (secondary N) is 1. The Balaban J connectivity index is 1.30. The van der Waals surface area contributed by atoms with Crippen LogP contribution >= 0.6 is 0 Å². The van der Waals surface area contributed by atoms with E-state index in [0.717, 1.165) is 43.2 Å². The van der Waals surface area contributed by atoms with E-state index in [9.17, 15) is 4.79 Å². The molecule has 1 saturated carbocycles. The second-order valence-electron chi connectivity index (χ2n) is 8.34. The number of fused-ring (bicyclic) bond motifs is 1. The summed E-state index contributed by atoms with van der Waals surface area (Å²) in [5.74, 6) is 1.38. The number of aryl methyl sites for hydroxylation is 1. The van der Waals surface area contributed by atoms with Gasteiger partial charge in [-0.05, 0) is 63.1 Å². The number of carbonyl (C=O) groups is 1. The molecule has 2 saturated heterocycles. The lowest BCUT2D eigenvalue weighted by Crippen LogP contribution is -2.44. The lowest BCUT2D eigenvalue weighted by atomic mass is 9.87. The molecule has 0 bridgehead atoms. The van der Waals surface area contributed by atoms with Crippen molar-refractivity contribution in [3.63, 3.8) is 0 Å². The maximum atomic E-state index is 12.6. The molecule has 3 heterocycles. The highest BCUT2D eigenvalue weighted by Gasteiger charge is 2.42. The number of aromatic nitrogens is 1. The highest BCUT2D eigenvalue weighted by Crippen LogP contribution is 2.35. The van der Waals surface area contributed by atoms with Crippen LogP contribution in [0.1, 0.15) is 50.6 Å². The first-order valence-electron chi connectivity index (χ1n) is 10.3. The number of carbonyl (C=O) groups excluding carboxylic acids is 1. The predicted octanol–water partition coefficient (Wildman–Crippen LogP) is 3.39. The number of anilines is 1. The second kappa shape index (κ2) is 8.05. The van der Waals surface area contributed by atoms with Gasteiger partial charge >= 0.3 is 0 Å². The SMILES string of the molecule is Cc1ncccc1NC(=O)[C@H]1C[C@@H]2CCN(CC3CCCCC3)C[C@H]2O1. The Labute approximate surface area is 156 Å². The molecule has 3 aliphatic rings. The van der Waals surface area contributed by atoms with E-state index in [2.05, 4.69) is 15.2 Å². The van der Waals surface area contributed by atoms with E-state index in [4.69, 9.17) is 4.74 Å². The van der Waals surface area contributed by atoms with Gasteiger partial charge in [-0.15, -0.1) is 0 Å². The van der Waals surface area contributed by atoms with Crippen LogP contribution in [-0.4, -0.2) is 47.6 Å². The molecule has 0 unspecified atom stereocenters. The zero-order valence-corrected chi connectivity index (χ0v) is 15.8. The Kier molecular flexibility index (Phi) is 5.55. The lowest BCUT2D eigenvalue weighted by molar-refractivity contribution is -0.127. The van der Waals surface area contributed by atoms with Crippen molar-refractivity contribution in [3.8, 4) is 0 Å². The Bertz CT molecular complexity index is 629. The van der Waals surface area contributed by atoms with E-state index in [1.54, 1.807) is 6.20 Å². The molecule has 3 fully saturated rings. The van der Waals surface area contributed by atoms with Gasteiger partial charge in [0.2, 0.25) is 0 Å². The van der Waals surface area contributed by atoms with Crippen LogP contribution in [0.2, 0.25) is 0 Å². The first kappa shape index (κ1) is 17.9. The molecular formula is C21H31N3O2. The summed E-state index contributed by atoms with van der Waals surface area (Å²) < 4.78 is 6.18. The van der Waals surface area contributed by atoms with Crippen molar-refractivity contribution >= 4 is 11.6 Å². The molecular weight excluding hydrogens is 326 g/mol. The highest BCUT2D eigenvalue weighted by molar-refractivity contribution is 5.94. The Hall–Kier alpha value is -1.46. The molecule has 1 N–H and O–H groups in total. The number of piperidine rings is 1. The zero-order chi connectivity index (χ0) is 17.9. The van der Waals surface area contributed by atoms with Crippen molar-refractivity contribution in [2.75, 3.05) is 25.0 Å². The van der Waals surface area contributed by atoms with Crippen LogP contribution < -0.4 is 5.32 Å². The molecule has 1 amide bonds. The quantitative estimate of drug-likeness (QED) is 0.897. The van der Waals surface area contributed by atoms with Crippen LogP contribution in [0.15, 0.2) is 18.3 Å². The first-order chi connectivity index (χ1) is 12.7. The number of hydrogen-bond acceptors (Lipinski definition) is 4. The molecule has 0 radical (unpaired) electrons. The van der Waals surface area contributed by atoms with Crippen molar-refractivity contribution in [1.82, 2.24) is 9.88 Å². The standard InChI is InChI=1S/C21H31N3O2/c1-15-18(8-5-10-22-15)23-21(25)19-12-17-9-11-24(14-20(17)26-19)13-16-6-3-2-4-7-16/h5,8,10,16-17,19-20H,2-4,6-7,9,11-14H2,1H3,(H,23,25)/t17-,19+,20+/m0/s1. The normalized spacial score (nSPS) is 30.1. The number of rotatable bonds is 4. The molecule has 3 atom stereocenters. The van der Waals surface area contributed by atoms with Gasteiger partial charge in [0.15, 0.2) is 0 Å². The Morgan fingerprint density at radius 3 is 2.96 bits per heavy atom. The summed E-state index contributed by atoms with van der Waals surface area (Å²) in [6, 6.07) is 3.75. The van der Waals surface area contributed by atoms with Crippen LogP contribution in [0.4, 0.5) is 5.69 Å². The minimum Gasteiger partial charge on any atom is -0.364 e. The molecule has 26 heavy (non-hydrogen) atoms. The fraction of sp³-hybridized carbons (Fsp3) is 0.714. The van der Waals surface area contributed by atoms with Gasteiger partial charge in [0.05, 0.1) is 17.5 Å². The molecule has 142 valence electrons. The maximum absolute atomic E-state index is 12.6. The third-order valence-corrected chi connectivity index (χ3v) is 6.43. The minimum absolute atomic E-state index is 0.0191. The monoisotopic (exact) mass is 357 g/mol. The van der Waals surface area contributed by atoms with Crippen LogP contribution in [0.25, 0.3) is 0 Å². The highest BCUT2D eigenvalue weighted by atomic mass is 16.5. The average Bonchev–Trinajstić information content (AvgIpc) is 3.08. The van der Waals surface area contributed by atoms with Gasteiger partial charge in [0.1, 0.15) is 6.10 Å². The van der Waals surface area contributed by atoms with Crippen molar-refractivity contribution < 1.29 is 9.53 Å². The second-order valence-corrected chi connectivity index (χ2v) is 8.34. The number of ether oxygens (including phenoxy) is 1. The third-order valence-electron chi connectivity index (χ3n) is 6.43. The molecule has 0 spiro atoms. The van der Waals surface area contributed by atoms with E-state index >= 15 is 0 Å². The molecule has 5 nitrogen and oxygen atoms in total. The summed E-state index contributed by atoms with van der Waals surface area (Å²) in [6.45, 7) is 5.29. The molecule has 4 rings (SSSR count). The summed E-state index contributed by atoms with van der Waals surface area (Å²) >= 11 is 0. The number of hydrogen-bond donors (Lipinski definition) is 1. The van der Waals surface area contributed by atoms with Gasteiger partial charge in [-0.1, -0.05) is 19.3 Å². The van der Waals surface area contributed by atoms with Gasteiger partial charge in [0, 0.05) is 19.3 Å². The predicted molar refractivity (Wildman–Crippen MR) is 102 cm³/mol. The maximum Gasteiger partial charge on any atom is 0.253 e. The summed E-state index contributed by atoms with van der Waals surface area (Å²) in [5.41, 5.74) is 1.63. The van der Waals surface area contributed by atoms with Crippen molar-refractivity contribution in [2.45, 2.75) is 64.1 Å². The van der Waals surface area contributed by atoms with E-state index < -0.39 is 0 Å². The smallest absolute Gasteiger partial charge is 0.253 e. The van der Waals surface area contributed by atoms with Gasteiger partial charge in [-0.2, -0.15) is 0 Å². The van der Waals surface area contributed by atoms with Gasteiger partial charge in [-0.3, -0.25) is 9.78 Å².